The van der Waals surface area contributed by atoms with Gasteiger partial charge >= 0.3 is 5.97 Å². The second-order valence-electron chi connectivity index (χ2n) is 5.76. The number of esters is 1. The number of hydrogen-bond acceptors (Lipinski definition) is 4. The summed E-state index contributed by atoms with van der Waals surface area (Å²) >= 11 is 0. The van der Waals surface area contributed by atoms with Crippen molar-refractivity contribution in [1.82, 2.24) is 0 Å². The first-order chi connectivity index (χ1) is 10.4. The lowest BCUT2D eigenvalue weighted by Crippen LogP contribution is -2.31. The lowest BCUT2D eigenvalue weighted by Gasteiger charge is -2.11. The highest BCUT2D eigenvalue weighted by atomic mass is 32.2. The van der Waals surface area contributed by atoms with Gasteiger partial charge in [0.05, 0.1) is 6.61 Å². The van der Waals surface area contributed by atoms with E-state index >= 15 is 0 Å². The third-order valence-electron chi connectivity index (χ3n) is 3.74. The van der Waals surface area contributed by atoms with Crippen LogP contribution in [0.2, 0.25) is 0 Å². The number of ether oxygens (including phenoxy) is 1. The molecule has 0 radical (unpaired) electrons. The van der Waals surface area contributed by atoms with E-state index in [2.05, 4.69) is 6.92 Å². The molecule has 0 amide bonds. The monoisotopic (exact) mass is 336 g/mol. The van der Waals surface area contributed by atoms with Gasteiger partial charge in [0.1, 0.15) is 0 Å². The SMILES string of the molecule is CCCCCCCCCCCCOC(=O)C(CC)S(=O)(=O)O. The molecule has 0 aliphatic rings. The molecule has 132 valence electrons. The third-order valence-corrected chi connectivity index (χ3v) is 4.98. The summed E-state index contributed by atoms with van der Waals surface area (Å²) in [7, 11) is -4.35. The minimum Gasteiger partial charge on any atom is -0.465 e. The van der Waals surface area contributed by atoms with Crippen LogP contribution in [-0.2, 0) is 19.6 Å². The molecule has 0 aromatic heterocycles. The van der Waals surface area contributed by atoms with Crippen LogP contribution >= 0.6 is 0 Å². The van der Waals surface area contributed by atoms with Gasteiger partial charge < -0.3 is 4.74 Å². The van der Waals surface area contributed by atoms with Gasteiger partial charge in [0.2, 0.25) is 0 Å². The maximum Gasteiger partial charge on any atom is 0.326 e. The molecule has 0 saturated heterocycles. The Morgan fingerprint density at radius 2 is 1.36 bits per heavy atom. The smallest absolute Gasteiger partial charge is 0.326 e. The molecular formula is C16H32O5S. The molecule has 0 aliphatic carbocycles. The quantitative estimate of drug-likeness (QED) is 0.293. The van der Waals surface area contributed by atoms with Crippen molar-refractivity contribution < 1.29 is 22.5 Å². The predicted molar refractivity (Wildman–Crippen MR) is 88.4 cm³/mol. The van der Waals surface area contributed by atoms with E-state index in [9.17, 15) is 13.2 Å². The van der Waals surface area contributed by atoms with Crippen LogP contribution in [0.4, 0.5) is 0 Å². The van der Waals surface area contributed by atoms with Crippen LogP contribution in [0.5, 0.6) is 0 Å². The second-order valence-corrected chi connectivity index (χ2v) is 7.36. The van der Waals surface area contributed by atoms with E-state index in [1.54, 1.807) is 0 Å². The van der Waals surface area contributed by atoms with Crippen LogP contribution in [0.25, 0.3) is 0 Å². The van der Waals surface area contributed by atoms with E-state index in [1.807, 2.05) is 0 Å². The lowest BCUT2D eigenvalue weighted by molar-refractivity contribution is -0.143. The van der Waals surface area contributed by atoms with E-state index in [0.29, 0.717) is 0 Å². The fourth-order valence-corrected chi connectivity index (χ4v) is 3.09. The number of carbonyl (C=O) groups is 1. The molecular weight excluding hydrogens is 304 g/mol. The Labute approximate surface area is 135 Å². The van der Waals surface area contributed by atoms with Crippen molar-refractivity contribution in [2.24, 2.45) is 0 Å². The number of hydrogen-bond donors (Lipinski definition) is 1. The van der Waals surface area contributed by atoms with E-state index in [4.69, 9.17) is 9.29 Å². The van der Waals surface area contributed by atoms with Crippen LogP contribution in [0.15, 0.2) is 0 Å². The molecule has 1 N–H and O–H groups in total. The first-order valence-electron chi connectivity index (χ1n) is 8.56. The first kappa shape index (κ1) is 21.4. The van der Waals surface area contributed by atoms with Crippen molar-refractivity contribution >= 4 is 16.1 Å². The third kappa shape index (κ3) is 11.0. The molecule has 0 rings (SSSR count). The summed E-state index contributed by atoms with van der Waals surface area (Å²) < 4.78 is 35.7. The van der Waals surface area contributed by atoms with Crippen LogP contribution < -0.4 is 0 Å². The van der Waals surface area contributed by atoms with Crippen molar-refractivity contribution in [3.63, 3.8) is 0 Å². The molecule has 0 fully saturated rings. The van der Waals surface area contributed by atoms with Gasteiger partial charge in [-0.2, -0.15) is 8.42 Å². The first-order valence-corrected chi connectivity index (χ1v) is 10.1. The summed E-state index contributed by atoms with van der Waals surface area (Å²) in [5, 5.41) is -1.45. The summed E-state index contributed by atoms with van der Waals surface area (Å²) in [6.45, 7) is 3.97. The van der Waals surface area contributed by atoms with E-state index < -0.39 is 21.3 Å². The second kappa shape index (κ2) is 12.9. The zero-order valence-electron chi connectivity index (χ0n) is 14.1. The molecule has 1 unspecified atom stereocenters. The molecule has 0 aromatic rings. The maximum atomic E-state index is 11.5. The van der Waals surface area contributed by atoms with Gasteiger partial charge in [0.25, 0.3) is 10.1 Å². The van der Waals surface area contributed by atoms with Crippen LogP contribution in [-0.4, -0.2) is 30.8 Å². The van der Waals surface area contributed by atoms with Gasteiger partial charge in [0, 0.05) is 0 Å². The highest BCUT2D eigenvalue weighted by Crippen LogP contribution is 2.11. The molecule has 0 bridgehead atoms. The molecule has 22 heavy (non-hydrogen) atoms. The number of unbranched alkanes of at least 4 members (excludes halogenated alkanes) is 9. The van der Waals surface area contributed by atoms with E-state index in [0.717, 1.165) is 19.3 Å². The van der Waals surface area contributed by atoms with Crippen molar-refractivity contribution in [1.29, 1.82) is 0 Å². The largest absolute Gasteiger partial charge is 0.465 e. The Kier molecular flexibility index (Phi) is 12.5. The zero-order chi connectivity index (χ0) is 16.8. The summed E-state index contributed by atoms with van der Waals surface area (Å²) in [5.74, 6) is -0.846. The Morgan fingerprint density at radius 3 is 1.77 bits per heavy atom. The summed E-state index contributed by atoms with van der Waals surface area (Å²) in [4.78, 5) is 11.5. The normalized spacial score (nSPS) is 13.0. The number of carbonyl (C=O) groups excluding carboxylic acids is 1. The summed E-state index contributed by atoms with van der Waals surface area (Å²) in [5.41, 5.74) is 0. The van der Waals surface area contributed by atoms with Crippen LogP contribution in [0.1, 0.15) is 84.5 Å². The van der Waals surface area contributed by atoms with Gasteiger partial charge in [-0.3, -0.25) is 9.35 Å². The van der Waals surface area contributed by atoms with Gasteiger partial charge in [-0.25, -0.2) is 0 Å². The molecule has 0 aromatic carbocycles. The van der Waals surface area contributed by atoms with Gasteiger partial charge in [-0.1, -0.05) is 71.6 Å². The Morgan fingerprint density at radius 1 is 0.909 bits per heavy atom. The topological polar surface area (TPSA) is 80.7 Å². The van der Waals surface area contributed by atoms with Crippen molar-refractivity contribution in [2.45, 2.75) is 89.7 Å². The van der Waals surface area contributed by atoms with E-state index in [-0.39, 0.29) is 13.0 Å². The van der Waals surface area contributed by atoms with Crippen LogP contribution in [0, 0.1) is 0 Å². The summed E-state index contributed by atoms with van der Waals surface area (Å²) in [6, 6.07) is 0. The predicted octanol–water partition coefficient (Wildman–Crippen LogP) is 4.12. The highest BCUT2D eigenvalue weighted by Gasteiger charge is 2.30. The minimum atomic E-state index is -4.35. The summed E-state index contributed by atoms with van der Waals surface area (Å²) in [6.07, 6.45) is 11.8. The standard InChI is InChI=1S/C16H32O5S/c1-3-5-6-7-8-9-10-11-12-13-14-21-16(17)15(4-2)22(18,19)20/h15H,3-14H2,1-2H3,(H,18,19,20). The fourth-order valence-electron chi connectivity index (χ4n) is 2.35. The molecule has 0 saturated carbocycles. The van der Waals surface area contributed by atoms with Crippen molar-refractivity contribution in [2.75, 3.05) is 6.61 Å². The van der Waals surface area contributed by atoms with Gasteiger partial charge in [-0.05, 0) is 12.8 Å². The van der Waals surface area contributed by atoms with E-state index in [1.165, 1.54) is 51.9 Å². The zero-order valence-corrected chi connectivity index (χ0v) is 14.9. The molecule has 6 heteroatoms. The Bertz CT molecular complexity index is 378. The molecule has 0 aliphatic heterocycles. The van der Waals surface area contributed by atoms with Crippen molar-refractivity contribution in [3.05, 3.63) is 0 Å². The van der Waals surface area contributed by atoms with Crippen molar-refractivity contribution in [3.8, 4) is 0 Å². The number of rotatable bonds is 14. The van der Waals surface area contributed by atoms with Crippen LogP contribution in [0.3, 0.4) is 0 Å². The van der Waals surface area contributed by atoms with Gasteiger partial charge in [0.15, 0.2) is 5.25 Å². The molecule has 5 nitrogen and oxygen atoms in total. The minimum absolute atomic E-state index is 0.0235. The lowest BCUT2D eigenvalue weighted by atomic mass is 10.1. The average molecular weight is 336 g/mol. The fraction of sp³-hybridized carbons (Fsp3) is 0.938. The molecule has 0 spiro atoms. The highest BCUT2D eigenvalue weighted by molar-refractivity contribution is 7.87. The molecule has 1 atom stereocenters. The average Bonchev–Trinajstić information content (AvgIpc) is 2.44. The Balaban J connectivity index is 3.52. The maximum absolute atomic E-state index is 11.5. The molecule has 0 heterocycles. The Hall–Kier alpha value is -0.620. The van der Waals surface area contributed by atoms with Gasteiger partial charge in [-0.15, -0.1) is 0 Å².